The van der Waals surface area contributed by atoms with Gasteiger partial charge in [-0.25, -0.2) is 0 Å². The molecule has 1 rings (SSSR count). The maximum absolute atomic E-state index is 11.5. The molecular weight excluding hydrogens is 246 g/mol. The van der Waals surface area contributed by atoms with E-state index < -0.39 is 0 Å². The summed E-state index contributed by atoms with van der Waals surface area (Å²) in [4.78, 5) is 11.5. The standard InChI is InChI=1S/C14H21NO4/c1-11-3-4-13(12(2)9-11)19-10-14(17)15-5-7-18-8-6-16/h3-4,9,16H,5-8,10H2,1-2H3,(H,15,17). The highest BCUT2D eigenvalue weighted by atomic mass is 16.5. The van der Waals surface area contributed by atoms with E-state index in [9.17, 15) is 4.79 Å². The molecule has 0 unspecified atom stereocenters. The molecule has 0 heterocycles. The van der Waals surface area contributed by atoms with E-state index >= 15 is 0 Å². The topological polar surface area (TPSA) is 67.8 Å². The molecule has 5 nitrogen and oxygen atoms in total. The van der Waals surface area contributed by atoms with Crippen LogP contribution in [0.4, 0.5) is 0 Å². The predicted molar refractivity (Wildman–Crippen MR) is 72.3 cm³/mol. The lowest BCUT2D eigenvalue weighted by Gasteiger charge is -2.10. The summed E-state index contributed by atoms with van der Waals surface area (Å²) in [5, 5.41) is 11.2. The van der Waals surface area contributed by atoms with E-state index in [2.05, 4.69) is 5.32 Å². The fourth-order valence-corrected chi connectivity index (χ4v) is 1.58. The number of carbonyl (C=O) groups is 1. The number of nitrogens with one attached hydrogen (secondary N) is 1. The number of hydrogen-bond donors (Lipinski definition) is 2. The number of carbonyl (C=O) groups excluding carboxylic acids is 1. The van der Waals surface area contributed by atoms with E-state index in [0.29, 0.717) is 13.2 Å². The van der Waals surface area contributed by atoms with Crippen LogP contribution in [-0.2, 0) is 9.53 Å². The number of benzene rings is 1. The molecule has 5 heteroatoms. The Hall–Kier alpha value is -1.59. The van der Waals surface area contributed by atoms with Crippen LogP contribution in [0.5, 0.6) is 5.75 Å². The van der Waals surface area contributed by atoms with Crippen LogP contribution in [0.3, 0.4) is 0 Å². The highest BCUT2D eigenvalue weighted by Crippen LogP contribution is 2.18. The molecule has 2 N–H and O–H groups in total. The summed E-state index contributed by atoms with van der Waals surface area (Å²) in [6, 6.07) is 5.82. The van der Waals surface area contributed by atoms with Crippen molar-refractivity contribution in [3.05, 3.63) is 29.3 Å². The Morgan fingerprint density at radius 2 is 2.11 bits per heavy atom. The number of aliphatic hydroxyl groups is 1. The lowest BCUT2D eigenvalue weighted by molar-refractivity contribution is -0.123. The van der Waals surface area contributed by atoms with E-state index in [-0.39, 0.29) is 25.7 Å². The first-order chi connectivity index (χ1) is 9.13. The van der Waals surface area contributed by atoms with Gasteiger partial charge in [0.05, 0.1) is 19.8 Å². The summed E-state index contributed by atoms with van der Waals surface area (Å²) in [6.45, 7) is 5.02. The van der Waals surface area contributed by atoms with Crippen LogP contribution < -0.4 is 10.1 Å². The first-order valence-corrected chi connectivity index (χ1v) is 6.29. The number of hydrogen-bond acceptors (Lipinski definition) is 4. The molecule has 0 aliphatic rings. The van der Waals surface area contributed by atoms with Gasteiger partial charge in [-0.15, -0.1) is 0 Å². The quantitative estimate of drug-likeness (QED) is 0.684. The first-order valence-electron chi connectivity index (χ1n) is 6.29. The van der Waals surface area contributed by atoms with Crippen molar-refractivity contribution in [3.8, 4) is 5.75 Å². The molecule has 0 aliphatic heterocycles. The highest BCUT2D eigenvalue weighted by Gasteiger charge is 2.04. The molecule has 1 aromatic rings. The Labute approximate surface area is 113 Å². The van der Waals surface area contributed by atoms with Crippen molar-refractivity contribution in [2.24, 2.45) is 0 Å². The molecule has 1 amide bonds. The molecule has 0 saturated carbocycles. The maximum Gasteiger partial charge on any atom is 0.258 e. The maximum atomic E-state index is 11.5. The Kier molecular flexibility index (Phi) is 6.92. The van der Waals surface area contributed by atoms with Gasteiger partial charge in [-0.3, -0.25) is 4.79 Å². The van der Waals surface area contributed by atoms with Crippen LogP contribution in [-0.4, -0.2) is 44.0 Å². The van der Waals surface area contributed by atoms with Gasteiger partial charge in [0.15, 0.2) is 6.61 Å². The second kappa shape index (κ2) is 8.50. The zero-order chi connectivity index (χ0) is 14.1. The third-order valence-electron chi connectivity index (χ3n) is 2.49. The fraction of sp³-hybridized carbons (Fsp3) is 0.500. The van der Waals surface area contributed by atoms with Gasteiger partial charge in [-0.05, 0) is 25.5 Å². The van der Waals surface area contributed by atoms with Crippen LogP contribution in [0, 0.1) is 13.8 Å². The lowest BCUT2D eigenvalue weighted by Crippen LogP contribution is -2.31. The summed E-state index contributed by atoms with van der Waals surface area (Å²) in [5.41, 5.74) is 2.18. The van der Waals surface area contributed by atoms with Gasteiger partial charge in [0, 0.05) is 6.54 Å². The van der Waals surface area contributed by atoms with Crippen molar-refractivity contribution in [3.63, 3.8) is 0 Å². The second-order valence-electron chi connectivity index (χ2n) is 4.24. The SMILES string of the molecule is Cc1ccc(OCC(=O)NCCOCCO)c(C)c1. The third-order valence-corrected chi connectivity index (χ3v) is 2.49. The van der Waals surface area contributed by atoms with Gasteiger partial charge < -0.3 is 19.9 Å². The van der Waals surface area contributed by atoms with Gasteiger partial charge in [0.25, 0.3) is 5.91 Å². The summed E-state index contributed by atoms with van der Waals surface area (Å²) >= 11 is 0. The average Bonchev–Trinajstić information content (AvgIpc) is 2.37. The molecule has 0 fully saturated rings. The Morgan fingerprint density at radius 1 is 1.32 bits per heavy atom. The summed E-state index contributed by atoms with van der Waals surface area (Å²) in [7, 11) is 0. The van der Waals surface area contributed by atoms with Crippen molar-refractivity contribution in [1.82, 2.24) is 5.32 Å². The largest absolute Gasteiger partial charge is 0.484 e. The molecule has 19 heavy (non-hydrogen) atoms. The highest BCUT2D eigenvalue weighted by molar-refractivity contribution is 5.77. The summed E-state index contributed by atoms with van der Waals surface area (Å²) < 4.78 is 10.5. The molecular formula is C14H21NO4. The van der Waals surface area contributed by atoms with Crippen molar-refractivity contribution >= 4 is 5.91 Å². The van der Waals surface area contributed by atoms with Gasteiger partial charge in [0.1, 0.15) is 5.75 Å². The zero-order valence-corrected chi connectivity index (χ0v) is 11.4. The number of aryl methyl sites for hydroxylation is 2. The van der Waals surface area contributed by atoms with Crippen LogP contribution >= 0.6 is 0 Å². The zero-order valence-electron chi connectivity index (χ0n) is 11.4. The van der Waals surface area contributed by atoms with E-state index in [4.69, 9.17) is 14.6 Å². The van der Waals surface area contributed by atoms with Crippen molar-refractivity contribution in [1.29, 1.82) is 0 Å². The third kappa shape index (κ3) is 6.22. The molecule has 0 radical (unpaired) electrons. The number of aliphatic hydroxyl groups excluding tert-OH is 1. The van der Waals surface area contributed by atoms with E-state index in [1.807, 2.05) is 32.0 Å². The van der Waals surface area contributed by atoms with E-state index in [1.54, 1.807) is 0 Å². The smallest absolute Gasteiger partial charge is 0.258 e. The predicted octanol–water partition coefficient (Wildman–Crippen LogP) is 0.807. The van der Waals surface area contributed by atoms with Gasteiger partial charge in [-0.1, -0.05) is 17.7 Å². The summed E-state index contributed by atoms with van der Waals surface area (Å²) in [5.74, 6) is 0.532. The molecule has 0 bridgehead atoms. The van der Waals surface area contributed by atoms with Crippen LogP contribution in [0.25, 0.3) is 0 Å². The van der Waals surface area contributed by atoms with Crippen molar-refractivity contribution in [2.45, 2.75) is 13.8 Å². The molecule has 0 spiro atoms. The minimum absolute atomic E-state index is 0.0100. The van der Waals surface area contributed by atoms with Gasteiger partial charge >= 0.3 is 0 Å². The minimum atomic E-state index is -0.187. The lowest BCUT2D eigenvalue weighted by atomic mass is 10.1. The van der Waals surface area contributed by atoms with Gasteiger partial charge in [0.2, 0.25) is 0 Å². The van der Waals surface area contributed by atoms with Crippen LogP contribution in [0.15, 0.2) is 18.2 Å². The fourth-order valence-electron chi connectivity index (χ4n) is 1.58. The van der Waals surface area contributed by atoms with Crippen LogP contribution in [0.2, 0.25) is 0 Å². The normalized spacial score (nSPS) is 10.3. The second-order valence-corrected chi connectivity index (χ2v) is 4.24. The molecule has 0 aliphatic carbocycles. The minimum Gasteiger partial charge on any atom is -0.484 e. The van der Waals surface area contributed by atoms with Crippen molar-refractivity contribution in [2.75, 3.05) is 33.0 Å². The average molecular weight is 267 g/mol. The van der Waals surface area contributed by atoms with E-state index in [0.717, 1.165) is 16.9 Å². The molecule has 0 atom stereocenters. The number of amides is 1. The Bertz CT molecular complexity index is 406. The number of rotatable bonds is 8. The Balaban J connectivity index is 2.22. The first kappa shape index (κ1) is 15.5. The van der Waals surface area contributed by atoms with Gasteiger partial charge in [-0.2, -0.15) is 0 Å². The number of ether oxygens (including phenoxy) is 2. The van der Waals surface area contributed by atoms with Crippen molar-refractivity contribution < 1.29 is 19.4 Å². The van der Waals surface area contributed by atoms with E-state index in [1.165, 1.54) is 0 Å². The molecule has 106 valence electrons. The monoisotopic (exact) mass is 267 g/mol. The van der Waals surface area contributed by atoms with Crippen LogP contribution in [0.1, 0.15) is 11.1 Å². The molecule has 1 aromatic carbocycles. The molecule has 0 saturated heterocycles. The molecule has 0 aromatic heterocycles. The Morgan fingerprint density at radius 3 is 2.79 bits per heavy atom. The summed E-state index contributed by atoms with van der Waals surface area (Å²) in [6.07, 6.45) is 0.